The summed E-state index contributed by atoms with van der Waals surface area (Å²) in [6, 6.07) is 5.09. The molecule has 0 aromatic heterocycles. The Bertz CT molecular complexity index is 444. The normalized spacial score (nSPS) is 10.6. The maximum Gasteiger partial charge on any atom is 0.333 e. The topological polar surface area (TPSA) is 64.4 Å². The van der Waals surface area contributed by atoms with Crippen LogP contribution in [0.4, 0.5) is 11.4 Å². The van der Waals surface area contributed by atoms with Crippen LogP contribution in [-0.2, 0) is 0 Å². The number of ether oxygens (including phenoxy) is 1. The molecule has 0 fully saturated rings. The van der Waals surface area contributed by atoms with Crippen LogP contribution in [0.5, 0.6) is 5.75 Å². The first-order valence-electron chi connectivity index (χ1n) is 6.46. The first-order chi connectivity index (χ1) is 9.20. The Morgan fingerprint density at radius 2 is 2.26 bits per heavy atom. The number of nitro groups is 1. The lowest BCUT2D eigenvalue weighted by Gasteiger charge is -2.10. The minimum absolute atomic E-state index is 0.0106. The average molecular weight is 264 g/mol. The minimum Gasteiger partial charge on any atom is -0.487 e. The molecule has 0 spiro atoms. The van der Waals surface area contributed by atoms with E-state index in [1.54, 1.807) is 18.2 Å². The number of anilines is 1. The lowest BCUT2D eigenvalue weighted by atomic mass is 10.2. The predicted octanol–water partition coefficient (Wildman–Crippen LogP) is 3.76. The van der Waals surface area contributed by atoms with Crippen molar-refractivity contribution < 1.29 is 9.66 Å². The van der Waals surface area contributed by atoms with Gasteiger partial charge in [-0.05, 0) is 31.9 Å². The van der Waals surface area contributed by atoms with E-state index in [0.717, 1.165) is 12.8 Å². The highest BCUT2D eigenvalue weighted by Gasteiger charge is 2.20. The highest BCUT2D eigenvalue weighted by Crippen LogP contribution is 2.34. The van der Waals surface area contributed by atoms with Gasteiger partial charge in [0, 0.05) is 6.54 Å². The number of benzene rings is 1. The van der Waals surface area contributed by atoms with Crippen LogP contribution in [0, 0.1) is 10.1 Å². The number of rotatable bonds is 8. The third-order valence-electron chi connectivity index (χ3n) is 2.51. The Kier molecular flexibility index (Phi) is 6.43. The highest BCUT2D eigenvalue weighted by atomic mass is 16.6. The van der Waals surface area contributed by atoms with E-state index >= 15 is 0 Å². The van der Waals surface area contributed by atoms with E-state index in [9.17, 15) is 10.1 Å². The number of nitro benzene ring substituents is 1. The maximum absolute atomic E-state index is 11.2. The van der Waals surface area contributed by atoms with Crippen LogP contribution < -0.4 is 10.1 Å². The van der Waals surface area contributed by atoms with Gasteiger partial charge in [0.05, 0.1) is 11.5 Å². The second kappa shape index (κ2) is 8.13. The number of hydrogen-bond acceptors (Lipinski definition) is 4. The van der Waals surface area contributed by atoms with Crippen molar-refractivity contribution in [2.24, 2.45) is 0 Å². The summed E-state index contributed by atoms with van der Waals surface area (Å²) in [6.07, 6.45) is 5.61. The van der Waals surface area contributed by atoms with Crippen molar-refractivity contribution in [2.45, 2.75) is 26.7 Å². The molecule has 5 heteroatoms. The van der Waals surface area contributed by atoms with Gasteiger partial charge in [-0.1, -0.05) is 25.1 Å². The molecule has 0 saturated heterocycles. The number of nitrogens with zero attached hydrogens (tertiary/aromatic N) is 1. The molecule has 0 aliphatic carbocycles. The molecule has 1 N–H and O–H groups in total. The maximum atomic E-state index is 11.2. The molecule has 0 amide bonds. The van der Waals surface area contributed by atoms with Crippen molar-refractivity contribution in [3.63, 3.8) is 0 Å². The third kappa shape index (κ3) is 4.62. The van der Waals surface area contributed by atoms with E-state index in [-0.39, 0.29) is 5.69 Å². The molecule has 1 rings (SSSR count). The van der Waals surface area contributed by atoms with Gasteiger partial charge in [-0.2, -0.15) is 0 Å². The summed E-state index contributed by atoms with van der Waals surface area (Å²) in [4.78, 5) is 10.8. The summed E-state index contributed by atoms with van der Waals surface area (Å²) in [5, 5.41) is 14.2. The Balaban J connectivity index is 2.86. The molecule has 0 bridgehead atoms. The van der Waals surface area contributed by atoms with Crippen LogP contribution in [0.25, 0.3) is 0 Å². The first kappa shape index (κ1) is 15.0. The van der Waals surface area contributed by atoms with Crippen LogP contribution in [0.2, 0.25) is 0 Å². The zero-order valence-electron chi connectivity index (χ0n) is 11.4. The number of hydrogen-bond donors (Lipinski definition) is 1. The van der Waals surface area contributed by atoms with Gasteiger partial charge in [0.25, 0.3) is 0 Å². The molecule has 5 nitrogen and oxygen atoms in total. The van der Waals surface area contributed by atoms with Crippen LogP contribution >= 0.6 is 0 Å². The molecule has 1 aromatic carbocycles. The summed E-state index contributed by atoms with van der Waals surface area (Å²) >= 11 is 0. The summed E-state index contributed by atoms with van der Waals surface area (Å²) in [5.74, 6) is 0.322. The molecule has 0 saturated carbocycles. The molecule has 0 radical (unpaired) electrons. The van der Waals surface area contributed by atoms with Crippen molar-refractivity contribution in [1.29, 1.82) is 0 Å². The first-order valence-corrected chi connectivity index (χ1v) is 6.46. The smallest absolute Gasteiger partial charge is 0.333 e. The Morgan fingerprint density at radius 1 is 1.47 bits per heavy atom. The van der Waals surface area contributed by atoms with E-state index in [2.05, 4.69) is 5.32 Å². The quantitative estimate of drug-likeness (QED) is 0.336. The zero-order chi connectivity index (χ0) is 14.1. The largest absolute Gasteiger partial charge is 0.487 e. The molecular formula is C14H20N2O3. The van der Waals surface area contributed by atoms with Gasteiger partial charge >= 0.3 is 5.69 Å². The van der Waals surface area contributed by atoms with Crippen molar-refractivity contribution in [3.8, 4) is 5.75 Å². The number of allylic oxidation sites excluding steroid dienone is 1. The molecular weight excluding hydrogens is 244 g/mol. The van der Waals surface area contributed by atoms with Crippen LogP contribution in [0.3, 0.4) is 0 Å². The molecule has 0 unspecified atom stereocenters. The van der Waals surface area contributed by atoms with Crippen molar-refractivity contribution in [3.05, 3.63) is 40.5 Å². The average Bonchev–Trinajstić information content (AvgIpc) is 2.41. The van der Waals surface area contributed by atoms with Crippen molar-refractivity contribution >= 4 is 11.4 Å². The SMILES string of the molecule is C/C=C/CCNc1cccc(OCCC)c1[N+](=O)[O-]. The van der Waals surface area contributed by atoms with Gasteiger partial charge < -0.3 is 10.1 Å². The van der Waals surface area contributed by atoms with Gasteiger partial charge in [-0.15, -0.1) is 0 Å². The van der Waals surface area contributed by atoms with Crippen molar-refractivity contribution in [1.82, 2.24) is 0 Å². The summed E-state index contributed by atoms with van der Waals surface area (Å²) in [7, 11) is 0. The fourth-order valence-corrected chi connectivity index (χ4v) is 1.64. The van der Waals surface area contributed by atoms with E-state index in [1.807, 2.05) is 26.0 Å². The zero-order valence-corrected chi connectivity index (χ0v) is 11.4. The summed E-state index contributed by atoms with van der Waals surface area (Å²) in [6.45, 7) is 5.04. The molecule has 0 atom stereocenters. The van der Waals surface area contributed by atoms with Gasteiger partial charge in [0.1, 0.15) is 5.69 Å². The predicted molar refractivity (Wildman–Crippen MR) is 76.8 cm³/mol. The fourth-order valence-electron chi connectivity index (χ4n) is 1.64. The third-order valence-corrected chi connectivity index (χ3v) is 2.51. The lowest BCUT2D eigenvalue weighted by Crippen LogP contribution is -2.06. The van der Waals surface area contributed by atoms with E-state index in [0.29, 0.717) is 24.6 Å². The molecule has 0 heterocycles. The van der Waals surface area contributed by atoms with Gasteiger partial charge in [-0.3, -0.25) is 10.1 Å². The van der Waals surface area contributed by atoms with Crippen LogP contribution in [0.1, 0.15) is 26.7 Å². The van der Waals surface area contributed by atoms with Crippen LogP contribution in [0.15, 0.2) is 30.4 Å². The Morgan fingerprint density at radius 3 is 2.89 bits per heavy atom. The van der Waals surface area contributed by atoms with Gasteiger partial charge in [0.2, 0.25) is 0 Å². The summed E-state index contributed by atoms with van der Waals surface area (Å²) < 4.78 is 5.42. The van der Waals surface area contributed by atoms with E-state index in [1.165, 1.54) is 0 Å². The van der Waals surface area contributed by atoms with Gasteiger partial charge in [0.15, 0.2) is 5.75 Å². The molecule has 0 aliphatic heterocycles. The van der Waals surface area contributed by atoms with Crippen LogP contribution in [-0.4, -0.2) is 18.1 Å². The monoisotopic (exact) mass is 264 g/mol. The molecule has 19 heavy (non-hydrogen) atoms. The van der Waals surface area contributed by atoms with Crippen molar-refractivity contribution in [2.75, 3.05) is 18.5 Å². The number of para-hydroxylation sites is 1. The Labute approximate surface area is 113 Å². The highest BCUT2D eigenvalue weighted by molar-refractivity contribution is 5.68. The second-order valence-corrected chi connectivity index (χ2v) is 4.04. The van der Waals surface area contributed by atoms with E-state index < -0.39 is 4.92 Å². The molecule has 1 aromatic rings. The molecule has 104 valence electrons. The molecule has 0 aliphatic rings. The van der Waals surface area contributed by atoms with E-state index in [4.69, 9.17) is 4.74 Å². The second-order valence-electron chi connectivity index (χ2n) is 4.04. The standard InChI is InChI=1S/C14H20N2O3/c1-3-5-6-10-15-12-8-7-9-13(19-11-4-2)14(12)16(17)18/h3,5,7-9,15H,4,6,10-11H2,1-2H3/b5-3+. The van der Waals surface area contributed by atoms with Gasteiger partial charge in [-0.25, -0.2) is 0 Å². The number of nitrogens with one attached hydrogen (secondary N) is 1. The fraction of sp³-hybridized carbons (Fsp3) is 0.429. The summed E-state index contributed by atoms with van der Waals surface area (Å²) in [5.41, 5.74) is 0.513. The Hall–Kier alpha value is -2.04. The lowest BCUT2D eigenvalue weighted by molar-refractivity contribution is -0.385. The minimum atomic E-state index is -0.400.